The molecule has 0 aliphatic carbocycles. The molecule has 0 fully saturated rings. The fraction of sp³-hybridized carbons (Fsp3) is 0.286. The number of nitrogens with two attached hydrogens (primary N) is 1. The predicted octanol–water partition coefficient (Wildman–Crippen LogP) is 2.79. The van der Waals surface area contributed by atoms with Gasteiger partial charge in [-0.1, -0.05) is 0 Å². The van der Waals surface area contributed by atoms with Crippen LogP contribution >= 0.6 is 11.3 Å². The first kappa shape index (κ1) is 15.8. The van der Waals surface area contributed by atoms with Gasteiger partial charge in [0.2, 0.25) is 0 Å². The maximum absolute atomic E-state index is 12.2. The van der Waals surface area contributed by atoms with Crippen LogP contribution < -0.4 is 15.2 Å². The molecule has 0 amide bonds. The van der Waals surface area contributed by atoms with Gasteiger partial charge in [-0.15, -0.1) is 11.3 Å². The van der Waals surface area contributed by atoms with Crippen LogP contribution in [0.3, 0.4) is 0 Å². The largest absolute Gasteiger partial charge is 0.491 e. The molecule has 2 rings (SSSR count). The smallest absolute Gasteiger partial charge is 0.271 e. The van der Waals surface area contributed by atoms with Gasteiger partial charge in [-0.05, 0) is 50.2 Å². The number of thiophene rings is 1. The summed E-state index contributed by atoms with van der Waals surface area (Å²) in [7, 11) is -3.57. The lowest BCUT2D eigenvalue weighted by Gasteiger charge is -2.11. The predicted molar refractivity (Wildman–Crippen MR) is 85.2 cm³/mol. The van der Waals surface area contributed by atoms with Crippen molar-refractivity contribution in [2.24, 2.45) is 5.73 Å². The Hall–Kier alpha value is -1.57. The molecule has 1 heterocycles. The molecule has 5 nitrogen and oxygen atoms in total. The quantitative estimate of drug-likeness (QED) is 0.855. The van der Waals surface area contributed by atoms with Crippen LogP contribution in [-0.4, -0.2) is 14.5 Å². The zero-order chi connectivity index (χ0) is 15.5. The van der Waals surface area contributed by atoms with Crippen LogP contribution in [0.4, 0.5) is 5.69 Å². The first-order valence-electron chi connectivity index (χ1n) is 6.49. The van der Waals surface area contributed by atoms with Gasteiger partial charge in [0.1, 0.15) is 9.96 Å². The summed E-state index contributed by atoms with van der Waals surface area (Å²) in [6.45, 7) is 4.20. The van der Waals surface area contributed by atoms with Crippen LogP contribution in [0.25, 0.3) is 0 Å². The number of rotatable bonds is 6. The van der Waals surface area contributed by atoms with Crippen LogP contribution in [0.5, 0.6) is 5.75 Å². The molecule has 2 aromatic rings. The van der Waals surface area contributed by atoms with Crippen LogP contribution in [0.2, 0.25) is 0 Å². The fourth-order valence-electron chi connectivity index (χ4n) is 1.69. The van der Waals surface area contributed by atoms with E-state index in [0.717, 1.165) is 4.88 Å². The van der Waals surface area contributed by atoms with Crippen molar-refractivity contribution in [2.45, 2.75) is 30.7 Å². The average Bonchev–Trinajstić information content (AvgIpc) is 2.90. The molecule has 1 aromatic heterocycles. The molecule has 3 N–H and O–H groups in total. The molecule has 21 heavy (non-hydrogen) atoms. The molecule has 0 bridgehead atoms. The standard InChI is InChI=1S/C14H18N2O3S2/c1-10(2)19-12-5-3-11(4-6-12)16-21(17,18)14-8-7-13(9-15)20-14/h3-8,10,16H,9,15H2,1-2H3. The Labute approximate surface area is 128 Å². The number of hydrogen-bond acceptors (Lipinski definition) is 5. The van der Waals surface area contributed by atoms with E-state index >= 15 is 0 Å². The van der Waals surface area contributed by atoms with Gasteiger partial charge in [0, 0.05) is 17.1 Å². The third-order valence-corrected chi connectivity index (χ3v) is 5.56. The summed E-state index contributed by atoms with van der Waals surface area (Å²) >= 11 is 1.17. The number of nitrogens with one attached hydrogen (secondary N) is 1. The summed E-state index contributed by atoms with van der Waals surface area (Å²) in [5.74, 6) is 0.703. The molecule has 0 saturated heterocycles. The monoisotopic (exact) mass is 326 g/mol. The normalized spacial score (nSPS) is 11.6. The molecule has 0 radical (unpaired) electrons. The summed E-state index contributed by atoms with van der Waals surface area (Å²) in [4.78, 5) is 0.830. The van der Waals surface area contributed by atoms with Gasteiger partial charge in [-0.2, -0.15) is 0 Å². The van der Waals surface area contributed by atoms with E-state index in [1.54, 1.807) is 36.4 Å². The second kappa shape index (κ2) is 6.46. The third kappa shape index (κ3) is 4.20. The van der Waals surface area contributed by atoms with Gasteiger partial charge in [-0.3, -0.25) is 4.72 Å². The molecule has 0 spiro atoms. The van der Waals surface area contributed by atoms with Gasteiger partial charge < -0.3 is 10.5 Å². The van der Waals surface area contributed by atoms with Gasteiger partial charge >= 0.3 is 0 Å². The number of ether oxygens (including phenoxy) is 1. The van der Waals surface area contributed by atoms with E-state index in [0.29, 0.717) is 18.0 Å². The van der Waals surface area contributed by atoms with E-state index in [2.05, 4.69) is 4.72 Å². The van der Waals surface area contributed by atoms with Gasteiger partial charge in [0.15, 0.2) is 0 Å². The topological polar surface area (TPSA) is 81.4 Å². The van der Waals surface area contributed by atoms with E-state index in [4.69, 9.17) is 10.5 Å². The molecule has 0 atom stereocenters. The molecule has 0 aliphatic rings. The lowest BCUT2D eigenvalue weighted by molar-refractivity contribution is 0.242. The number of anilines is 1. The van der Waals surface area contributed by atoms with Crippen molar-refractivity contribution >= 4 is 27.0 Å². The minimum absolute atomic E-state index is 0.0772. The summed E-state index contributed by atoms with van der Waals surface area (Å²) < 4.78 is 32.7. The van der Waals surface area contributed by atoms with Crippen molar-refractivity contribution in [1.29, 1.82) is 0 Å². The van der Waals surface area contributed by atoms with E-state index < -0.39 is 10.0 Å². The number of sulfonamides is 1. The molecule has 0 saturated carbocycles. The minimum atomic E-state index is -3.57. The fourth-order valence-corrected chi connectivity index (χ4v) is 3.98. The van der Waals surface area contributed by atoms with E-state index in [9.17, 15) is 8.42 Å². The lowest BCUT2D eigenvalue weighted by Crippen LogP contribution is -2.11. The van der Waals surface area contributed by atoms with Crippen LogP contribution in [-0.2, 0) is 16.6 Å². The highest BCUT2D eigenvalue weighted by Crippen LogP contribution is 2.25. The second-order valence-corrected chi connectivity index (χ2v) is 7.80. The summed E-state index contributed by atoms with van der Waals surface area (Å²) in [6.07, 6.45) is 0.0772. The molecule has 1 aromatic carbocycles. The molecule has 7 heteroatoms. The van der Waals surface area contributed by atoms with Gasteiger partial charge in [0.05, 0.1) is 6.10 Å². The summed E-state index contributed by atoms with van der Waals surface area (Å²) in [6, 6.07) is 10.1. The molecule has 114 valence electrons. The Morgan fingerprint density at radius 2 is 1.86 bits per heavy atom. The Morgan fingerprint density at radius 3 is 2.38 bits per heavy atom. The molecule has 0 aliphatic heterocycles. The maximum atomic E-state index is 12.2. The Bertz CT molecular complexity index is 691. The Morgan fingerprint density at radius 1 is 1.19 bits per heavy atom. The zero-order valence-electron chi connectivity index (χ0n) is 11.9. The highest BCUT2D eigenvalue weighted by atomic mass is 32.2. The molecular weight excluding hydrogens is 308 g/mol. The summed E-state index contributed by atoms with van der Waals surface area (Å²) in [5.41, 5.74) is 5.99. The first-order chi connectivity index (χ1) is 9.90. The minimum Gasteiger partial charge on any atom is -0.491 e. The third-order valence-electron chi connectivity index (χ3n) is 2.58. The van der Waals surface area contributed by atoms with Crippen molar-refractivity contribution in [3.8, 4) is 5.75 Å². The first-order valence-corrected chi connectivity index (χ1v) is 8.79. The number of hydrogen-bond donors (Lipinski definition) is 2. The zero-order valence-corrected chi connectivity index (χ0v) is 13.5. The van der Waals surface area contributed by atoms with Crippen LogP contribution in [0, 0.1) is 0 Å². The van der Waals surface area contributed by atoms with Gasteiger partial charge in [0.25, 0.3) is 10.0 Å². The van der Waals surface area contributed by atoms with Crippen LogP contribution in [0.15, 0.2) is 40.6 Å². The van der Waals surface area contributed by atoms with E-state index in [1.807, 2.05) is 13.8 Å². The summed E-state index contributed by atoms with van der Waals surface area (Å²) in [5, 5.41) is 0. The lowest BCUT2D eigenvalue weighted by atomic mass is 10.3. The Balaban J connectivity index is 2.13. The molecule has 0 unspecified atom stereocenters. The van der Waals surface area contributed by atoms with Gasteiger partial charge in [-0.25, -0.2) is 8.42 Å². The van der Waals surface area contributed by atoms with Crippen LogP contribution in [0.1, 0.15) is 18.7 Å². The Kier molecular flexibility index (Phi) is 4.87. The van der Waals surface area contributed by atoms with Crippen molar-refractivity contribution in [3.05, 3.63) is 41.3 Å². The number of benzene rings is 1. The second-order valence-electron chi connectivity index (χ2n) is 4.72. The SMILES string of the molecule is CC(C)Oc1ccc(NS(=O)(=O)c2ccc(CN)s2)cc1. The van der Waals surface area contributed by atoms with Crippen molar-refractivity contribution in [3.63, 3.8) is 0 Å². The molecular formula is C14H18N2O3S2. The highest BCUT2D eigenvalue weighted by Gasteiger charge is 2.16. The average molecular weight is 326 g/mol. The van der Waals surface area contributed by atoms with Crippen molar-refractivity contribution in [2.75, 3.05) is 4.72 Å². The van der Waals surface area contributed by atoms with E-state index in [1.165, 1.54) is 11.3 Å². The maximum Gasteiger partial charge on any atom is 0.271 e. The van der Waals surface area contributed by atoms with Crippen molar-refractivity contribution < 1.29 is 13.2 Å². The van der Waals surface area contributed by atoms with E-state index in [-0.39, 0.29) is 10.3 Å². The van der Waals surface area contributed by atoms with Crippen molar-refractivity contribution in [1.82, 2.24) is 0 Å². The highest BCUT2D eigenvalue weighted by molar-refractivity contribution is 7.94.